The number of ether oxygens (including phenoxy) is 1. The quantitative estimate of drug-likeness (QED) is 0.719. The van der Waals surface area contributed by atoms with E-state index in [4.69, 9.17) is 10.5 Å². The third-order valence-electron chi connectivity index (χ3n) is 3.71. The number of amides is 1. The number of carbonyl (C=O) groups excluding carboxylic acids is 1. The summed E-state index contributed by atoms with van der Waals surface area (Å²) in [6.07, 6.45) is 1.17. The zero-order chi connectivity index (χ0) is 15.5. The number of nitrogens with one attached hydrogen (secondary N) is 1. The molecule has 6 nitrogen and oxygen atoms in total. The summed E-state index contributed by atoms with van der Waals surface area (Å²) in [5.41, 5.74) is 6.76. The molecule has 116 valence electrons. The second-order valence-corrected chi connectivity index (χ2v) is 5.69. The smallest absolute Gasteiger partial charge is 0.255 e. The fourth-order valence-corrected chi connectivity index (χ4v) is 2.32. The molecule has 0 aromatic heterocycles. The SMILES string of the molecule is CN(C)C(=O)c1ccc(N)cc1NCC1(O)CCOCC1. The van der Waals surface area contributed by atoms with Crippen LogP contribution in [0.1, 0.15) is 23.2 Å². The van der Waals surface area contributed by atoms with E-state index in [0.717, 1.165) is 0 Å². The van der Waals surface area contributed by atoms with E-state index in [9.17, 15) is 9.90 Å². The van der Waals surface area contributed by atoms with E-state index in [1.54, 1.807) is 32.3 Å². The lowest BCUT2D eigenvalue weighted by molar-refractivity contribution is -0.0543. The van der Waals surface area contributed by atoms with Gasteiger partial charge in [0, 0.05) is 58.1 Å². The van der Waals surface area contributed by atoms with E-state index in [1.165, 1.54) is 4.90 Å². The maximum absolute atomic E-state index is 12.2. The van der Waals surface area contributed by atoms with Gasteiger partial charge in [-0.3, -0.25) is 4.79 Å². The molecule has 4 N–H and O–H groups in total. The van der Waals surface area contributed by atoms with Gasteiger partial charge in [-0.05, 0) is 18.2 Å². The number of nitrogens with zero attached hydrogens (tertiary/aromatic N) is 1. The Morgan fingerprint density at radius 1 is 1.43 bits per heavy atom. The van der Waals surface area contributed by atoms with Crippen LogP contribution in [0.25, 0.3) is 0 Å². The van der Waals surface area contributed by atoms with Gasteiger partial charge in [0.15, 0.2) is 0 Å². The summed E-state index contributed by atoms with van der Waals surface area (Å²) in [6, 6.07) is 5.12. The van der Waals surface area contributed by atoms with Crippen LogP contribution < -0.4 is 11.1 Å². The molecule has 0 aliphatic carbocycles. The molecule has 1 aromatic carbocycles. The third-order valence-corrected chi connectivity index (χ3v) is 3.71. The average Bonchev–Trinajstić information content (AvgIpc) is 2.45. The van der Waals surface area contributed by atoms with Crippen LogP contribution in [0, 0.1) is 0 Å². The largest absolute Gasteiger partial charge is 0.399 e. The van der Waals surface area contributed by atoms with Crippen LogP contribution >= 0.6 is 0 Å². The molecule has 1 saturated heterocycles. The molecule has 1 amide bonds. The minimum absolute atomic E-state index is 0.100. The van der Waals surface area contributed by atoms with E-state index in [1.807, 2.05) is 0 Å². The highest BCUT2D eigenvalue weighted by Gasteiger charge is 2.30. The molecule has 2 rings (SSSR count). The highest BCUT2D eigenvalue weighted by Crippen LogP contribution is 2.24. The van der Waals surface area contributed by atoms with Gasteiger partial charge in [0.2, 0.25) is 0 Å². The first-order valence-electron chi connectivity index (χ1n) is 7.06. The predicted molar refractivity (Wildman–Crippen MR) is 82.4 cm³/mol. The van der Waals surface area contributed by atoms with Gasteiger partial charge in [-0.2, -0.15) is 0 Å². The van der Waals surface area contributed by atoms with Crippen molar-refractivity contribution >= 4 is 17.3 Å². The molecule has 0 radical (unpaired) electrons. The minimum Gasteiger partial charge on any atom is -0.399 e. The predicted octanol–water partition coefficient (Wildman–Crippen LogP) is 0.924. The van der Waals surface area contributed by atoms with Crippen LogP contribution in [-0.4, -0.2) is 55.4 Å². The molecule has 1 heterocycles. The van der Waals surface area contributed by atoms with Crippen molar-refractivity contribution in [2.24, 2.45) is 0 Å². The average molecular weight is 293 g/mol. The maximum atomic E-state index is 12.2. The Morgan fingerprint density at radius 3 is 2.71 bits per heavy atom. The van der Waals surface area contributed by atoms with Crippen molar-refractivity contribution in [3.8, 4) is 0 Å². The molecule has 0 atom stereocenters. The number of hydrogen-bond donors (Lipinski definition) is 3. The van der Waals surface area contributed by atoms with Crippen molar-refractivity contribution in [2.45, 2.75) is 18.4 Å². The van der Waals surface area contributed by atoms with Crippen LogP contribution in [0.15, 0.2) is 18.2 Å². The van der Waals surface area contributed by atoms with E-state index < -0.39 is 5.60 Å². The van der Waals surface area contributed by atoms with Gasteiger partial charge < -0.3 is 25.8 Å². The Hall–Kier alpha value is -1.79. The molecule has 1 aromatic rings. The molecule has 0 unspecified atom stereocenters. The number of benzene rings is 1. The van der Waals surface area contributed by atoms with Crippen LogP contribution in [0.5, 0.6) is 0 Å². The normalized spacial score (nSPS) is 17.3. The van der Waals surface area contributed by atoms with Gasteiger partial charge >= 0.3 is 0 Å². The molecule has 6 heteroatoms. The van der Waals surface area contributed by atoms with Gasteiger partial charge in [0.25, 0.3) is 5.91 Å². The van der Waals surface area contributed by atoms with E-state index in [2.05, 4.69) is 5.32 Å². The van der Waals surface area contributed by atoms with Gasteiger partial charge in [0.05, 0.1) is 11.2 Å². The van der Waals surface area contributed by atoms with E-state index in [0.29, 0.717) is 49.5 Å². The molecular formula is C15H23N3O3. The molecule has 0 spiro atoms. The topological polar surface area (TPSA) is 87.8 Å². The van der Waals surface area contributed by atoms with Gasteiger partial charge in [-0.25, -0.2) is 0 Å². The van der Waals surface area contributed by atoms with Crippen LogP contribution in [0.2, 0.25) is 0 Å². The fraction of sp³-hybridized carbons (Fsp3) is 0.533. The zero-order valence-corrected chi connectivity index (χ0v) is 12.6. The molecular weight excluding hydrogens is 270 g/mol. The maximum Gasteiger partial charge on any atom is 0.255 e. The van der Waals surface area contributed by atoms with Crippen molar-refractivity contribution in [1.29, 1.82) is 0 Å². The summed E-state index contributed by atoms with van der Waals surface area (Å²) in [7, 11) is 3.41. The summed E-state index contributed by atoms with van der Waals surface area (Å²) in [6.45, 7) is 1.48. The summed E-state index contributed by atoms with van der Waals surface area (Å²) in [4.78, 5) is 13.7. The minimum atomic E-state index is -0.804. The number of carbonyl (C=O) groups is 1. The molecule has 21 heavy (non-hydrogen) atoms. The number of rotatable bonds is 4. The molecule has 1 fully saturated rings. The summed E-state index contributed by atoms with van der Waals surface area (Å²) < 4.78 is 5.26. The monoisotopic (exact) mass is 293 g/mol. The van der Waals surface area contributed by atoms with Crippen molar-refractivity contribution in [3.05, 3.63) is 23.8 Å². The van der Waals surface area contributed by atoms with Crippen molar-refractivity contribution in [1.82, 2.24) is 4.90 Å². The second-order valence-electron chi connectivity index (χ2n) is 5.69. The van der Waals surface area contributed by atoms with Gasteiger partial charge in [0.1, 0.15) is 0 Å². The summed E-state index contributed by atoms with van der Waals surface area (Å²) >= 11 is 0. The lowest BCUT2D eigenvalue weighted by Gasteiger charge is -2.32. The Bertz CT molecular complexity index is 511. The molecule has 1 aliphatic heterocycles. The standard InChI is InChI=1S/C15H23N3O3/c1-18(2)14(19)12-4-3-11(16)9-13(12)17-10-15(20)5-7-21-8-6-15/h3-4,9,17,20H,5-8,10,16H2,1-2H3. The number of hydrogen-bond acceptors (Lipinski definition) is 5. The zero-order valence-electron chi connectivity index (χ0n) is 12.6. The second kappa shape index (κ2) is 6.32. The first kappa shape index (κ1) is 15.6. The van der Waals surface area contributed by atoms with Crippen molar-refractivity contribution < 1.29 is 14.6 Å². The number of aliphatic hydroxyl groups is 1. The van der Waals surface area contributed by atoms with E-state index in [-0.39, 0.29) is 5.91 Å². The van der Waals surface area contributed by atoms with Crippen LogP contribution in [0.4, 0.5) is 11.4 Å². The van der Waals surface area contributed by atoms with Crippen molar-refractivity contribution in [2.75, 3.05) is 44.9 Å². The number of anilines is 2. The Morgan fingerprint density at radius 2 is 2.10 bits per heavy atom. The lowest BCUT2D eigenvalue weighted by atomic mass is 9.94. The highest BCUT2D eigenvalue weighted by molar-refractivity contribution is 6.00. The van der Waals surface area contributed by atoms with Crippen molar-refractivity contribution in [3.63, 3.8) is 0 Å². The van der Waals surface area contributed by atoms with Crippen LogP contribution in [-0.2, 0) is 4.74 Å². The van der Waals surface area contributed by atoms with Gasteiger partial charge in [-0.1, -0.05) is 0 Å². The first-order chi connectivity index (χ1) is 9.91. The Labute approximate surface area is 124 Å². The summed E-state index contributed by atoms with van der Waals surface area (Å²) in [5, 5.41) is 13.6. The lowest BCUT2D eigenvalue weighted by Crippen LogP contribution is -2.42. The highest BCUT2D eigenvalue weighted by atomic mass is 16.5. The summed E-state index contributed by atoms with van der Waals surface area (Å²) in [5.74, 6) is -0.100. The van der Waals surface area contributed by atoms with Crippen LogP contribution in [0.3, 0.4) is 0 Å². The Kier molecular flexibility index (Phi) is 4.69. The molecule has 1 aliphatic rings. The van der Waals surface area contributed by atoms with Gasteiger partial charge in [-0.15, -0.1) is 0 Å². The third kappa shape index (κ3) is 3.86. The van der Waals surface area contributed by atoms with E-state index >= 15 is 0 Å². The fourth-order valence-electron chi connectivity index (χ4n) is 2.32. The number of nitrogen functional groups attached to an aromatic ring is 1. The molecule has 0 saturated carbocycles. The number of nitrogens with two attached hydrogens (primary N) is 1. The first-order valence-corrected chi connectivity index (χ1v) is 7.06. The molecule has 0 bridgehead atoms. The Balaban J connectivity index is 2.14.